The van der Waals surface area contributed by atoms with Crippen molar-refractivity contribution in [2.75, 3.05) is 45.9 Å². The first kappa shape index (κ1) is 18.5. The van der Waals surface area contributed by atoms with Crippen molar-refractivity contribution in [3.8, 4) is 17.2 Å². The number of hydrogen-bond acceptors (Lipinski definition) is 7. The van der Waals surface area contributed by atoms with Gasteiger partial charge in [0.15, 0.2) is 21.3 Å². The van der Waals surface area contributed by atoms with E-state index in [1.54, 1.807) is 12.1 Å². The van der Waals surface area contributed by atoms with Gasteiger partial charge in [-0.05, 0) is 6.07 Å². The Bertz CT molecular complexity index is 969. The molecule has 9 heteroatoms. The van der Waals surface area contributed by atoms with Gasteiger partial charge in [0.2, 0.25) is 5.75 Å². The summed E-state index contributed by atoms with van der Waals surface area (Å²) in [5.41, 5.74) is 0.900. The fourth-order valence-electron chi connectivity index (χ4n) is 3.13. The zero-order valence-electron chi connectivity index (χ0n) is 15.0. The van der Waals surface area contributed by atoms with E-state index in [1.165, 1.54) is 21.3 Å². The molecule has 0 aliphatic carbocycles. The Labute approximate surface area is 151 Å². The number of benzene rings is 1. The lowest BCUT2D eigenvalue weighted by atomic mass is 10.1. The predicted molar refractivity (Wildman–Crippen MR) is 98.2 cm³/mol. The molecule has 0 spiro atoms. The van der Waals surface area contributed by atoms with Crippen molar-refractivity contribution in [3.63, 3.8) is 0 Å². The minimum Gasteiger partial charge on any atom is -0.493 e. The van der Waals surface area contributed by atoms with E-state index >= 15 is 0 Å². The second kappa shape index (κ2) is 7.16. The molecule has 0 atom stereocenters. The smallest absolute Gasteiger partial charge is 0.252 e. The molecule has 1 aromatic heterocycles. The zero-order valence-corrected chi connectivity index (χ0v) is 15.8. The minimum absolute atomic E-state index is 0.118. The highest BCUT2D eigenvalue weighted by Crippen LogP contribution is 2.42. The maximum absolute atomic E-state index is 12.5. The molecule has 8 nitrogen and oxygen atoms in total. The Kier molecular flexibility index (Phi) is 5.10. The molecule has 3 rings (SSSR count). The molecule has 26 heavy (non-hydrogen) atoms. The average Bonchev–Trinajstić information content (AvgIpc) is 2.62. The second-order valence-electron chi connectivity index (χ2n) is 6.16. The summed E-state index contributed by atoms with van der Waals surface area (Å²) in [5.74, 6) is 1.62. The summed E-state index contributed by atoms with van der Waals surface area (Å²) in [4.78, 5) is 17.3. The van der Waals surface area contributed by atoms with Crippen LogP contribution in [-0.4, -0.2) is 64.2 Å². The number of methoxy groups -OCH3 is 3. The molecular weight excluding hydrogens is 360 g/mol. The van der Waals surface area contributed by atoms with Crippen molar-refractivity contribution >= 4 is 20.7 Å². The van der Waals surface area contributed by atoms with Crippen LogP contribution in [0.15, 0.2) is 16.9 Å². The van der Waals surface area contributed by atoms with Crippen LogP contribution in [0.4, 0.5) is 0 Å². The van der Waals surface area contributed by atoms with E-state index in [1.807, 2.05) is 4.90 Å². The van der Waals surface area contributed by atoms with Gasteiger partial charge in [0, 0.05) is 36.7 Å². The monoisotopic (exact) mass is 382 g/mol. The summed E-state index contributed by atoms with van der Waals surface area (Å²) in [6, 6.07) is 3.45. The summed E-state index contributed by atoms with van der Waals surface area (Å²) in [6.07, 6.45) is 0. The van der Waals surface area contributed by atoms with Crippen LogP contribution in [0.3, 0.4) is 0 Å². The molecule has 0 unspecified atom stereocenters. The normalized spacial score (nSPS) is 17.2. The van der Waals surface area contributed by atoms with Gasteiger partial charge in [0.25, 0.3) is 5.56 Å². The SMILES string of the molecule is COc1cc2[nH]c(=O)c(CN3CCS(=O)(=O)CC3)cc2c(OC)c1OC. The quantitative estimate of drug-likeness (QED) is 0.816. The summed E-state index contributed by atoms with van der Waals surface area (Å²) in [5, 5.41) is 0.699. The molecule has 0 bridgehead atoms. The summed E-state index contributed by atoms with van der Waals surface area (Å²) < 4.78 is 39.3. The highest BCUT2D eigenvalue weighted by molar-refractivity contribution is 7.91. The van der Waals surface area contributed by atoms with Crippen LogP contribution in [0.2, 0.25) is 0 Å². The fourth-order valence-corrected chi connectivity index (χ4v) is 4.41. The van der Waals surface area contributed by atoms with Crippen LogP contribution in [0.1, 0.15) is 5.56 Å². The number of fused-ring (bicyclic) bond motifs is 1. The number of rotatable bonds is 5. The molecule has 2 heterocycles. The van der Waals surface area contributed by atoms with E-state index in [4.69, 9.17) is 14.2 Å². The van der Waals surface area contributed by atoms with Crippen molar-refractivity contribution in [1.82, 2.24) is 9.88 Å². The molecule has 142 valence electrons. The third-order valence-electron chi connectivity index (χ3n) is 4.56. The lowest BCUT2D eigenvalue weighted by molar-refractivity contribution is 0.286. The number of H-pyrrole nitrogens is 1. The maximum Gasteiger partial charge on any atom is 0.252 e. The number of sulfone groups is 1. The first-order chi connectivity index (χ1) is 12.4. The number of hydrogen-bond donors (Lipinski definition) is 1. The molecule has 0 saturated carbocycles. The summed E-state index contributed by atoms with van der Waals surface area (Å²) in [7, 11) is 1.60. The fraction of sp³-hybridized carbons (Fsp3) is 0.471. The van der Waals surface area contributed by atoms with Crippen LogP contribution in [0.5, 0.6) is 17.2 Å². The van der Waals surface area contributed by atoms with Crippen LogP contribution >= 0.6 is 0 Å². The molecule has 1 aromatic carbocycles. The van der Waals surface area contributed by atoms with Gasteiger partial charge in [-0.25, -0.2) is 8.42 Å². The van der Waals surface area contributed by atoms with Gasteiger partial charge >= 0.3 is 0 Å². The number of nitrogens with one attached hydrogen (secondary N) is 1. The van der Waals surface area contributed by atoms with Crippen LogP contribution in [0.25, 0.3) is 10.9 Å². The molecule has 0 amide bonds. The Morgan fingerprint density at radius 2 is 1.69 bits per heavy atom. The van der Waals surface area contributed by atoms with E-state index in [-0.39, 0.29) is 17.1 Å². The summed E-state index contributed by atoms with van der Waals surface area (Å²) in [6.45, 7) is 1.21. The van der Waals surface area contributed by atoms with Gasteiger partial charge < -0.3 is 19.2 Å². The Balaban J connectivity index is 2.02. The molecule has 1 fully saturated rings. The maximum atomic E-state index is 12.5. The Hall–Kier alpha value is -2.26. The first-order valence-corrected chi connectivity index (χ1v) is 9.98. The van der Waals surface area contributed by atoms with Crippen LogP contribution < -0.4 is 19.8 Å². The first-order valence-electron chi connectivity index (χ1n) is 8.16. The minimum atomic E-state index is -2.96. The number of aromatic amines is 1. The lowest BCUT2D eigenvalue weighted by Gasteiger charge is -2.26. The van der Waals surface area contributed by atoms with Gasteiger partial charge in [0.05, 0.1) is 38.4 Å². The third kappa shape index (κ3) is 3.49. The number of aromatic nitrogens is 1. The van der Waals surface area contributed by atoms with E-state index in [0.717, 1.165) is 0 Å². The van der Waals surface area contributed by atoms with E-state index in [9.17, 15) is 13.2 Å². The van der Waals surface area contributed by atoms with Crippen molar-refractivity contribution in [1.29, 1.82) is 0 Å². The Morgan fingerprint density at radius 1 is 1.04 bits per heavy atom. The largest absolute Gasteiger partial charge is 0.493 e. The van der Waals surface area contributed by atoms with Gasteiger partial charge in [-0.15, -0.1) is 0 Å². The van der Waals surface area contributed by atoms with Crippen molar-refractivity contribution in [3.05, 3.63) is 28.0 Å². The predicted octanol–water partition coefficient (Wildman–Crippen LogP) is 0.784. The highest BCUT2D eigenvalue weighted by atomic mass is 32.2. The second-order valence-corrected chi connectivity index (χ2v) is 8.46. The van der Waals surface area contributed by atoms with E-state index < -0.39 is 9.84 Å². The van der Waals surface area contributed by atoms with E-state index in [0.29, 0.717) is 53.3 Å². The number of pyridine rings is 1. The van der Waals surface area contributed by atoms with Crippen molar-refractivity contribution in [2.45, 2.75) is 6.54 Å². The topological polar surface area (TPSA) is 97.9 Å². The van der Waals surface area contributed by atoms with Gasteiger partial charge in [0.1, 0.15) is 0 Å². The number of nitrogens with zero attached hydrogens (tertiary/aromatic N) is 1. The van der Waals surface area contributed by atoms with Crippen molar-refractivity contribution < 1.29 is 22.6 Å². The van der Waals surface area contributed by atoms with Gasteiger partial charge in [-0.3, -0.25) is 9.69 Å². The molecular formula is C17H22N2O6S. The van der Waals surface area contributed by atoms with E-state index in [2.05, 4.69) is 4.98 Å². The molecule has 1 N–H and O–H groups in total. The lowest BCUT2D eigenvalue weighted by Crippen LogP contribution is -2.40. The third-order valence-corrected chi connectivity index (χ3v) is 6.17. The molecule has 0 radical (unpaired) electrons. The standard InChI is InChI=1S/C17H22N2O6S/c1-23-14-9-13-12(15(24-2)16(14)25-3)8-11(17(20)18-13)10-19-4-6-26(21,22)7-5-19/h8-9H,4-7,10H2,1-3H3,(H,18,20). The molecule has 2 aromatic rings. The Morgan fingerprint density at radius 3 is 2.27 bits per heavy atom. The van der Waals surface area contributed by atoms with Gasteiger partial charge in [-0.1, -0.05) is 0 Å². The molecule has 1 aliphatic heterocycles. The highest BCUT2D eigenvalue weighted by Gasteiger charge is 2.23. The van der Waals surface area contributed by atoms with Gasteiger partial charge in [-0.2, -0.15) is 0 Å². The molecule has 1 aliphatic rings. The average molecular weight is 382 g/mol. The zero-order chi connectivity index (χ0) is 18.9. The van der Waals surface area contributed by atoms with Crippen LogP contribution in [-0.2, 0) is 16.4 Å². The summed E-state index contributed by atoms with van der Waals surface area (Å²) >= 11 is 0. The molecule has 1 saturated heterocycles. The number of ether oxygens (including phenoxy) is 3. The van der Waals surface area contributed by atoms with Crippen LogP contribution in [0, 0.1) is 0 Å². The van der Waals surface area contributed by atoms with Crippen molar-refractivity contribution in [2.24, 2.45) is 0 Å².